The van der Waals surface area contributed by atoms with Gasteiger partial charge in [0.2, 0.25) is 0 Å². The van der Waals surface area contributed by atoms with Crippen molar-refractivity contribution in [1.29, 1.82) is 0 Å². The van der Waals surface area contributed by atoms with Gasteiger partial charge in [-0.25, -0.2) is 4.79 Å². The molecule has 1 aromatic rings. The Kier molecular flexibility index (Phi) is 2.42. The van der Waals surface area contributed by atoms with Gasteiger partial charge in [-0.15, -0.1) is 0 Å². The van der Waals surface area contributed by atoms with Gasteiger partial charge >= 0.3 is 5.97 Å². The summed E-state index contributed by atoms with van der Waals surface area (Å²) in [6, 6.07) is 0.335. The second-order valence-corrected chi connectivity index (χ2v) is 5.52. The first-order chi connectivity index (χ1) is 7.77. The quantitative estimate of drug-likeness (QED) is 0.857. The zero-order chi connectivity index (χ0) is 11.1. The first kappa shape index (κ1) is 10.2. The maximum Gasteiger partial charge on any atom is 0.354 e. The third kappa shape index (κ3) is 1.45. The van der Waals surface area contributed by atoms with E-state index in [0.29, 0.717) is 11.7 Å². The van der Waals surface area contributed by atoms with Gasteiger partial charge in [-0.2, -0.15) is 16.9 Å². The van der Waals surface area contributed by atoms with Gasteiger partial charge in [-0.3, -0.25) is 4.68 Å². The Morgan fingerprint density at radius 2 is 2.31 bits per heavy atom. The van der Waals surface area contributed by atoms with Crippen LogP contribution in [0.5, 0.6) is 0 Å². The van der Waals surface area contributed by atoms with Gasteiger partial charge in [0, 0.05) is 11.3 Å². The summed E-state index contributed by atoms with van der Waals surface area (Å²) < 4.78 is 1.78. The summed E-state index contributed by atoms with van der Waals surface area (Å²) in [4.78, 5) is 11.3. The standard InChI is InChI=1S/C11H14N2O2S/c14-11(15)10-8-4-5-16-6-9(8)12-13(10)7-2-1-3-7/h7H,1-6H2,(H,14,15). The highest BCUT2D eigenvalue weighted by atomic mass is 32.2. The minimum absolute atomic E-state index is 0.335. The van der Waals surface area contributed by atoms with Gasteiger partial charge in [-0.1, -0.05) is 0 Å². The van der Waals surface area contributed by atoms with Crippen molar-refractivity contribution in [1.82, 2.24) is 9.78 Å². The number of thioether (sulfide) groups is 1. The molecule has 1 N–H and O–H groups in total. The van der Waals surface area contributed by atoms with Crippen molar-refractivity contribution in [3.63, 3.8) is 0 Å². The zero-order valence-corrected chi connectivity index (χ0v) is 9.79. The second kappa shape index (κ2) is 3.80. The van der Waals surface area contributed by atoms with Gasteiger partial charge in [0.05, 0.1) is 11.7 Å². The fourth-order valence-electron chi connectivity index (χ4n) is 2.36. The summed E-state index contributed by atoms with van der Waals surface area (Å²) >= 11 is 1.84. The predicted molar refractivity (Wildman–Crippen MR) is 61.9 cm³/mol. The number of fused-ring (bicyclic) bond motifs is 1. The number of nitrogens with zero attached hydrogens (tertiary/aromatic N) is 2. The molecule has 1 fully saturated rings. The summed E-state index contributed by atoms with van der Waals surface area (Å²) in [7, 11) is 0. The van der Waals surface area contributed by atoms with E-state index in [2.05, 4.69) is 5.10 Å². The SMILES string of the molecule is O=C(O)c1c2c(nn1C1CCC1)CSCC2. The molecule has 5 heteroatoms. The molecule has 0 aromatic carbocycles. The van der Waals surface area contributed by atoms with E-state index >= 15 is 0 Å². The number of hydrogen-bond acceptors (Lipinski definition) is 3. The van der Waals surface area contributed by atoms with Crippen LogP contribution in [0.15, 0.2) is 0 Å². The Labute approximate surface area is 98.0 Å². The van der Waals surface area contributed by atoms with Crippen LogP contribution in [0.3, 0.4) is 0 Å². The molecule has 0 atom stereocenters. The van der Waals surface area contributed by atoms with E-state index in [0.717, 1.165) is 42.0 Å². The highest BCUT2D eigenvalue weighted by molar-refractivity contribution is 7.98. The van der Waals surface area contributed by atoms with Crippen LogP contribution in [-0.4, -0.2) is 26.6 Å². The Hall–Kier alpha value is -0.970. The monoisotopic (exact) mass is 238 g/mol. The molecule has 0 radical (unpaired) electrons. The van der Waals surface area contributed by atoms with Crippen LogP contribution in [0.4, 0.5) is 0 Å². The summed E-state index contributed by atoms with van der Waals surface area (Å²) in [5, 5.41) is 13.8. The van der Waals surface area contributed by atoms with Gasteiger partial charge in [-0.05, 0) is 31.4 Å². The molecule has 86 valence electrons. The average Bonchev–Trinajstić information content (AvgIpc) is 2.53. The number of carboxylic acid groups (broad SMARTS) is 1. The molecule has 16 heavy (non-hydrogen) atoms. The van der Waals surface area contributed by atoms with E-state index in [9.17, 15) is 9.90 Å². The summed E-state index contributed by atoms with van der Waals surface area (Å²) in [5.41, 5.74) is 2.44. The Morgan fingerprint density at radius 1 is 1.50 bits per heavy atom. The number of carbonyl (C=O) groups is 1. The Balaban J connectivity index is 2.08. The van der Waals surface area contributed by atoms with Crippen molar-refractivity contribution < 1.29 is 9.90 Å². The average molecular weight is 238 g/mol. The molecule has 4 nitrogen and oxygen atoms in total. The smallest absolute Gasteiger partial charge is 0.354 e. The molecule has 0 spiro atoms. The molecule has 0 saturated heterocycles. The summed E-state index contributed by atoms with van der Waals surface area (Å²) in [5.74, 6) is 1.08. The van der Waals surface area contributed by atoms with Crippen LogP contribution in [0.2, 0.25) is 0 Å². The maximum absolute atomic E-state index is 11.3. The first-order valence-electron chi connectivity index (χ1n) is 5.68. The van der Waals surface area contributed by atoms with E-state index in [1.54, 1.807) is 4.68 Å². The van der Waals surface area contributed by atoms with Crippen LogP contribution < -0.4 is 0 Å². The molecule has 1 saturated carbocycles. The minimum atomic E-state index is -0.812. The predicted octanol–water partition coefficient (Wildman–Crippen LogP) is 2.10. The van der Waals surface area contributed by atoms with E-state index in [4.69, 9.17) is 0 Å². The topological polar surface area (TPSA) is 55.1 Å². The van der Waals surface area contributed by atoms with Crippen molar-refractivity contribution in [2.45, 2.75) is 37.5 Å². The van der Waals surface area contributed by atoms with Crippen molar-refractivity contribution in [3.8, 4) is 0 Å². The van der Waals surface area contributed by atoms with Gasteiger partial charge in [0.1, 0.15) is 5.69 Å². The summed E-state index contributed by atoms with van der Waals surface area (Å²) in [6.07, 6.45) is 4.21. The van der Waals surface area contributed by atoms with Gasteiger partial charge in [0.25, 0.3) is 0 Å². The van der Waals surface area contributed by atoms with Crippen molar-refractivity contribution >= 4 is 17.7 Å². The normalized spacial score (nSPS) is 20.2. The Morgan fingerprint density at radius 3 is 2.94 bits per heavy atom. The third-order valence-electron chi connectivity index (χ3n) is 3.45. The van der Waals surface area contributed by atoms with Crippen molar-refractivity contribution in [2.75, 3.05) is 5.75 Å². The highest BCUT2D eigenvalue weighted by Gasteiger charge is 2.30. The molecule has 1 aliphatic heterocycles. The van der Waals surface area contributed by atoms with Crippen molar-refractivity contribution in [3.05, 3.63) is 17.0 Å². The fourth-order valence-corrected chi connectivity index (χ4v) is 3.28. The Bertz CT molecular complexity index is 437. The molecule has 1 aliphatic carbocycles. The number of carboxylic acids is 1. The lowest BCUT2D eigenvalue weighted by Crippen LogP contribution is -2.22. The lowest BCUT2D eigenvalue weighted by Gasteiger charge is -2.26. The first-order valence-corrected chi connectivity index (χ1v) is 6.84. The third-order valence-corrected chi connectivity index (χ3v) is 4.42. The van der Waals surface area contributed by atoms with Crippen LogP contribution in [0.1, 0.15) is 47.1 Å². The number of hydrogen-bond donors (Lipinski definition) is 1. The highest BCUT2D eigenvalue weighted by Crippen LogP contribution is 2.35. The minimum Gasteiger partial charge on any atom is -0.477 e. The molecule has 3 rings (SSSR count). The fraction of sp³-hybridized carbons (Fsp3) is 0.636. The van der Waals surface area contributed by atoms with Crippen molar-refractivity contribution in [2.24, 2.45) is 0 Å². The molecule has 2 heterocycles. The number of aromatic carboxylic acids is 1. The van der Waals surface area contributed by atoms with E-state index in [-0.39, 0.29) is 0 Å². The molecule has 1 aromatic heterocycles. The van der Waals surface area contributed by atoms with Crippen LogP contribution in [0.25, 0.3) is 0 Å². The van der Waals surface area contributed by atoms with E-state index in [1.807, 2.05) is 11.8 Å². The van der Waals surface area contributed by atoms with Crippen LogP contribution >= 0.6 is 11.8 Å². The maximum atomic E-state index is 11.3. The van der Waals surface area contributed by atoms with Crippen LogP contribution in [-0.2, 0) is 12.2 Å². The molecule has 2 aliphatic rings. The van der Waals surface area contributed by atoms with Crippen LogP contribution in [0, 0.1) is 0 Å². The van der Waals surface area contributed by atoms with E-state index in [1.165, 1.54) is 6.42 Å². The zero-order valence-electron chi connectivity index (χ0n) is 8.98. The second-order valence-electron chi connectivity index (χ2n) is 4.41. The summed E-state index contributed by atoms with van der Waals surface area (Å²) in [6.45, 7) is 0. The van der Waals surface area contributed by atoms with Gasteiger partial charge in [0.15, 0.2) is 0 Å². The number of aromatic nitrogens is 2. The number of rotatable bonds is 2. The molecular weight excluding hydrogens is 224 g/mol. The van der Waals surface area contributed by atoms with E-state index < -0.39 is 5.97 Å². The lowest BCUT2D eigenvalue weighted by atomic mass is 9.93. The largest absolute Gasteiger partial charge is 0.477 e. The molecule has 0 unspecified atom stereocenters. The lowest BCUT2D eigenvalue weighted by molar-refractivity contribution is 0.0674. The molecular formula is C11H14N2O2S. The van der Waals surface area contributed by atoms with Gasteiger partial charge < -0.3 is 5.11 Å². The molecule has 0 amide bonds. The molecule has 0 bridgehead atoms.